The molecule has 13 aromatic rings. The quantitative estimate of drug-likeness (QED) is 0.124. The van der Waals surface area contributed by atoms with E-state index in [1.165, 1.54) is 5.70 Å². The van der Waals surface area contributed by atoms with Crippen molar-refractivity contribution in [2.24, 2.45) is 5.92 Å². The Morgan fingerprint density at radius 2 is 0.741 bits per heavy atom. The van der Waals surface area contributed by atoms with Crippen molar-refractivity contribution in [3.8, 4) is 0 Å². The average Bonchev–Trinajstić information content (AvgIpc) is 1.10. The minimum absolute atomic E-state index is 0.0956. The number of pyridine rings is 2. The summed E-state index contributed by atoms with van der Waals surface area (Å²) in [6.07, 6.45) is 6.67. The van der Waals surface area contributed by atoms with Crippen LogP contribution in [0.3, 0.4) is 0 Å². The van der Waals surface area contributed by atoms with Gasteiger partial charge in [0.05, 0.1) is 50.9 Å². The Labute approximate surface area is 493 Å². The van der Waals surface area contributed by atoms with Gasteiger partial charge in [-0.3, -0.25) is 19.8 Å². The van der Waals surface area contributed by atoms with Gasteiger partial charge in [-0.2, -0.15) is 0 Å². The maximum absolute atomic E-state index is 5.83. The molecule has 2 aliphatic heterocycles. The second-order valence-corrected chi connectivity index (χ2v) is 21.6. The van der Waals surface area contributed by atoms with Crippen LogP contribution in [0.5, 0.6) is 0 Å². The number of allylic oxidation sites excluding steroid dienone is 3. The van der Waals surface area contributed by atoms with Crippen molar-refractivity contribution >= 4 is 118 Å². The molecule has 10 aromatic carbocycles. The lowest BCUT2D eigenvalue weighted by Crippen LogP contribution is -2.36. The first kappa shape index (κ1) is 49.5. The zero-order valence-electron chi connectivity index (χ0n) is 46.5. The summed E-state index contributed by atoms with van der Waals surface area (Å²) in [6, 6.07) is 96.6. The molecule has 0 radical (unpaired) electrons. The SMILES string of the molecule is CC1CC2=C(C=C1N(c1ccccc1)c1ccccc1)N(c1ccccc1)c1ccccc1N2c1ccc2c3nccnc3c3ccc(N4c5ccccc5N(c5ccccc5)c5cc(N(c6ccccc6)c6ccccc6)ccc54)nc3c2n1. The molecule has 16 rings (SSSR count). The van der Waals surface area contributed by atoms with Crippen LogP contribution in [0.4, 0.5) is 85.6 Å². The highest BCUT2D eigenvalue weighted by Crippen LogP contribution is 2.57. The van der Waals surface area contributed by atoms with Crippen LogP contribution >= 0.6 is 0 Å². The Balaban J connectivity index is 0.908. The lowest BCUT2D eigenvalue weighted by molar-refractivity contribution is 0.627. The second-order valence-electron chi connectivity index (χ2n) is 21.6. The van der Waals surface area contributed by atoms with Crippen LogP contribution < -0.4 is 29.4 Å². The number of anilines is 15. The zero-order valence-corrected chi connectivity index (χ0v) is 46.5. The minimum atomic E-state index is 0.0956. The van der Waals surface area contributed by atoms with Gasteiger partial charge >= 0.3 is 0 Å². The molecule has 85 heavy (non-hydrogen) atoms. The number of benzene rings is 10. The molecule has 3 aromatic heterocycles. The van der Waals surface area contributed by atoms with Crippen LogP contribution in [0.15, 0.2) is 309 Å². The third kappa shape index (κ3) is 8.33. The van der Waals surface area contributed by atoms with Crippen LogP contribution in [0, 0.1) is 5.92 Å². The maximum Gasteiger partial charge on any atom is 0.138 e. The Morgan fingerprint density at radius 3 is 1.25 bits per heavy atom. The number of aromatic nitrogens is 4. The van der Waals surface area contributed by atoms with E-state index in [-0.39, 0.29) is 5.92 Å². The third-order valence-corrected chi connectivity index (χ3v) is 16.5. The van der Waals surface area contributed by atoms with Crippen molar-refractivity contribution in [1.29, 1.82) is 0 Å². The highest BCUT2D eigenvalue weighted by molar-refractivity contribution is 6.21. The lowest BCUT2D eigenvalue weighted by Gasteiger charge is -2.45. The molecule has 1 aliphatic carbocycles. The maximum atomic E-state index is 5.83. The Kier molecular flexibility index (Phi) is 12.0. The first-order valence-corrected chi connectivity index (χ1v) is 28.8. The molecule has 5 heterocycles. The molecule has 3 aliphatic rings. The van der Waals surface area contributed by atoms with E-state index in [4.69, 9.17) is 19.9 Å². The van der Waals surface area contributed by atoms with E-state index in [2.05, 4.69) is 315 Å². The summed E-state index contributed by atoms with van der Waals surface area (Å²) < 4.78 is 0. The van der Waals surface area contributed by atoms with Crippen molar-refractivity contribution in [3.63, 3.8) is 0 Å². The third-order valence-electron chi connectivity index (χ3n) is 16.5. The highest BCUT2D eigenvalue weighted by Gasteiger charge is 2.39. The smallest absolute Gasteiger partial charge is 0.138 e. The van der Waals surface area contributed by atoms with Crippen LogP contribution in [0.25, 0.3) is 32.8 Å². The van der Waals surface area contributed by atoms with Crippen LogP contribution in [0.2, 0.25) is 0 Å². The number of para-hydroxylation sites is 10. The topological polar surface area (TPSA) is 71.0 Å². The fourth-order valence-electron chi connectivity index (χ4n) is 12.8. The fraction of sp³-hybridized carbons (Fsp3) is 0.0400. The van der Waals surface area contributed by atoms with Crippen molar-refractivity contribution in [1.82, 2.24) is 19.9 Å². The first-order chi connectivity index (χ1) is 42.1. The standard InChI is InChI=1S/C75H54N10/c1-51-48-67-69(50-66(51)81(54-28-12-4-13-29-54)55-30-14-5-15-31-55)83(57-34-18-7-19-35-57)62-37-21-23-39-64(62)85(67)71-45-42-60-73-72(76-46-47-77-73)59-41-44-70(78-74(59)75(60)79-71)84-63-38-22-20-36-61(63)82(56-32-16-6-17-33-56)68-49-58(40-43-65(68)84)80(52-24-8-2-9-25-52)53-26-10-3-11-27-53/h2-47,49-51H,48H2,1H3. The Hall–Kier alpha value is -11.4. The van der Waals surface area contributed by atoms with Crippen molar-refractivity contribution < 1.29 is 0 Å². The molecule has 0 saturated carbocycles. The van der Waals surface area contributed by atoms with Gasteiger partial charge in [0, 0.05) is 80.3 Å². The number of rotatable bonds is 10. The number of hydrogen-bond acceptors (Lipinski definition) is 10. The van der Waals surface area contributed by atoms with Crippen LogP contribution in [0.1, 0.15) is 13.3 Å². The van der Waals surface area contributed by atoms with Crippen LogP contribution in [-0.2, 0) is 0 Å². The fourth-order valence-corrected chi connectivity index (χ4v) is 12.8. The van der Waals surface area contributed by atoms with Gasteiger partial charge in [-0.1, -0.05) is 140 Å². The summed E-state index contributed by atoms with van der Waals surface area (Å²) in [5, 5.41) is 1.74. The van der Waals surface area contributed by atoms with Gasteiger partial charge < -0.3 is 19.6 Å². The summed E-state index contributed by atoms with van der Waals surface area (Å²) in [6.45, 7) is 2.34. The molecule has 0 fully saturated rings. The van der Waals surface area contributed by atoms with Gasteiger partial charge in [-0.05, 0) is 152 Å². The molecule has 0 saturated heterocycles. The van der Waals surface area contributed by atoms with Gasteiger partial charge in [-0.25, -0.2) is 9.97 Å². The highest BCUT2D eigenvalue weighted by atomic mass is 15.3. The monoisotopic (exact) mass is 1090 g/mol. The lowest BCUT2D eigenvalue weighted by atomic mass is 9.89. The predicted octanol–water partition coefficient (Wildman–Crippen LogP) is 19.7. The molecule has 404 valence electrons. The van der Waals surface area contributed by atoms with Crippen LogP contribution in [-0.4, -0.2) is 19.9 Å². The van der Waals surface area contributed by atoms with E-state index in [1.54, 1.807) is 12.4 Å². The molecule has 0 amide bonds. The number of hydrogen-bond donors (Lipinski definition) is 0. The van der Waals surface area contributed by atoms with E-state index in [9.17, 15) is 0 Å². The van der Waals surface area contributed by atoms with E-state index in [0.717, 1.165) is 136 Å². The molecular weight excluding hydrogens is 1040 g/mol. The van der Waals surface area contributed by atoms with E-state index in [0.29, 0.717) is 0 Å². The minimum Gasteiger partial charge on any atom is -0.314 e. The molecule has 0 N–H and O–H groups in total. The summed E-state index contributed by atoms with van der Waals surface area (Å²) >= 11 is 0. The molecule has 1 unspecified atom stereocenters. The van der Waals surface area contributed by atoms with Crippen molar-refractivity contribution in [3.05, 3.63) is 309 Å². The normalized spacial score (nSPS) is 14.4. The zero-order chi connectivity index (χ0) is 56.4. The Morgan fingerprint density at radius 1 is 0.341 bits per heavy atom. The van der Waals surface area contributed by atoms with Crippen molar-refractivity contribution in [2.45, 2.75) is 13.3 Å². The van der Waals surface area contributed by atoms with Gasteiger partial charge in [0.15, 0.2) is 0 Å². The van der Waals surface area contributed by atoms with Gasteiger partial charge in [0.1, 0.15) is 22.7 Å². The van der Waals surface area contributed by atoms with Crippen molar-refractivity contribution in [2.75, 3.05) is 29.4 Å². The predicted molar refractivity (Wildman–Crippen MR) is 349 cm³/mol. The summed E-state index contributed by atoms with van der Waals surface area (Å²) in [5.74, 6) is 1.62. The van der Waals surface area contributed by atoms with E-state index >= 15 is 0 Å². The summed E-state index contributed by atoms with van der Waals surface area (Å²) in [5.41, 5.74) is 20.0. The summed E-state index contributed by atoms with van der Waals surface area (Å²) in [4.78, 5) is 35.9. The number of fused-ring (bicyclic) bond motifs is 9. The molecule has 1 atom stereocenters. The molecule has 10 nitrogen and oxygen atoms in total. The van der Waals surface area contributed by atoms with Gasteiger partial charge in [0.25, 0.3) is 0 Å². The largest absolute Gasteiger partial charge is 0.314 e. The van der Waals surface area contributed by atoms with Gasteiger partial charge in [-0.15, -0.1) is 0 Å². The summed E-state index contributed by atoms with van der Waals surface area (Å²) in [7, 11) is 0. The molecule has 10 heteroatoms. The second kappa shape index (κ2) is 20.6. The molecular formula is C75H54N10. The van der Waals surface area contributed by atoms with E-state index < -0.39 is 0 Å². The Bertz CT molecular complexity index is 4660. The molecule has 0 bridgehead atoms. The van der Waals surface area contributed by atoms with Gasteiger partial charge in [0.2, 0.25) is 0 Å². The number of nitrogens with zero attached hydrogens (tertiary/aromatic N) is 10. The first-order valence-electron chi connectivity index (χ1n) is 28.8. The molecule has 0 spiro atoms. The van der Waals surface area contributed by atoms with E-state index in [1.807, 2.05) is 0 Å². The average molecular weight is 1100 g/mol.